The molecular weight excluding hydrogens is 393 g/mol. The van der Waals surface area contributed by atoms with Crippen molar-refractivity contribution in [3.63, 3.8) is 0 Å². The average molecular weight is 411 g/mol. The van der Waals surface area contributed by atoms with Crippen molar-refractivity contribution in [3.05, 3.63) is 71.9 Å². The molecule has 8 heteroatoms. The van der Waals surface area contributed by atoms with Gasteiger partial charge in [-0.25, -0.2) is 14.4 Å². The highest BCUT2D eigenvalue weighted by Gasteiger charge is 2.30. The fourth-order valence-electron chi connectivity index (χ4n) is 4.09. The second kappa shape index (κ2) is 7.02. The van der Waals surface area contributed by atoms with Gasteiger partial charge >= 0.3 is 0 Å². The molecule has 152 valence electrons. The first-order valence-corrected chi connectivity index (χ1v) is 10.1. The number of nitrogens with zero attached hydrogens (tertiary/aromatic N) is 5. The molecule has 31 heavy (non-hydrogen) atoms. The molecule has 2 aromatic heterocycles. The summed E-state index contributed by atoms with van der Waals surface area (Å²) >= 11 is 0. The zero-order chi connectivity index (χ0) is 20.8. The summed E-state index contributed by atoms with van der Waals surface area (Å²) in [5, 5.41) is 2.98. The van der Waals surface area contributed by atoms with Crippen LogP contribution in [0.25, 0.3) is 22.7 Å². The van der Waals surface area contributed by atoms with Gasteiger partial charge in [0.05, 0.1) is 23.0 Å². The van der Waals surface area contributed by atoms with Gasteiger partial charge in [0.15, 0.2) is 0 Å². The fourth-order valence-corrected chi connectivity index (χ4v) is 4.09. The van der Waals surface area contributed by atoms with Crippen LogP contribution in [0.5, 0.6) is 0 Å². The normalized spacial score (nSPS) is 15.2. The van der Waals surface area contributed by atoms with Crippen LogP contribution in [0.1, 0.15) is 17.5 Å². The van der Waals surface area contributed by atoms with E-state index in [-0.39, 0.29) is 5.82 Å². The Morgan fingerprint density at radius 2 is 2.00 bits per heavy atom. The van der Waals surface area contributed by atoms with Gasteiger partial charge in [0, 0.05) is 36.0 Å². The fraction of sp³-hybridized carbons (Fsp3) is 0.130. The quantitative estimate of drug-likeness (QED) is 0.522. The average Bonchev–Trinajstić information content (AvgIpc) is 3.29. The lowest BCUT2D eigenvalue weighted by Gasteiger charge is -2.34. The summed E-state index contributed by atoms with van der Waals surface area (Å²) in [5.41, 5.74) is 5.14. The summed E-state index contributed by atoms with van der Waals surface area (Å²) in [4.78, 5) is 23.8. The van der Waals surface area contributed by atoms with Crippen molar-refractivity contribution >= 4 is 46.0 Å². The summed E-state index contributed by atoms with van der Waals surface area (Å²) in [6, 6.07) is 12.6. The number of halogens is 1. The first kappa shape index (κ1) is 17.8. The highest BCUT2D eigenvalue weighted by atomic mass is 19.1. The standard InChI is InChI=1S/C23H18FN7/c24-17-6-1-2-7-18(17)29-23-26-12-14-11-16(15-5-3-8-19-20(15)28-13-27-19)22-25-9-4-10-31(22)21(14)30-23/h1-3,5-8,11-13H,4,9-10H2,(H,27,28)(H,26,29,30). The minimum absolute atomic E-state index is 0.340. The van der Waals surface area contributed by atoms with Gasteiger partial charge < -0.3 is 15.2 Å². The number of benzene rings is 2. The van der Waals surface area contributed by atoms with Gasteiger partial charge in [0.2, 0.25) is 5.95 Å². The molecule has 4 aromatic rings. The number of hydrogen-bond acceptors (Lipinski definition) is 6. The molecule has 0 saturated heterocycles. The van der Waals surface area contributed by atoms with Gasteiger partial charge in [0.25, 0.3) is 0 Å². The van der Waals surface area contributed by atoms with Crippen molar-refractivity contribution in [2.75, 3.05) is 23.3 Å². The molecule has 0 atom stereocenters. The van der Waals surface area contributed by atoms with E-state index in [1.54, 1.807) is 30.7 Å². The van der Waals surface area contributed by atoms with Crippen LogP contribution in [-0.4, -0.2) is 38.9 Å². The van der Waals surface area contributed by atoms with E-state index in [1.165, 1.54) is 6.07 Å². The Morgan fingerprint density at radius 1 is 1.06 bits per heavy atom. The van der Waals surface area contributed by atoms with Crippen LogP contribution in [0.15, 0.2) is 60.0 Å². The zero-order valence-electron chi connectivity index (χ0n) is 16.5. The van der Waals surface area contributed by atoms with E-state index < -0.39 is 0 Å². The Labute approximate surface area is 177 Å². The monoisotopic (exact) mass is 411 g/mol. The Hall–Kier alpha value is -4.07. The number of rotatable bonds is 3. The number of nitrogens with one attached hydrogen (secondary N) is 2. The van der Waals surface area contributed by atoms with Crippen molar-refractivity contribution in [1.29, 1.82) is 0 Å². The van der Waals surface area contributed by atoms with Crippen LogP contribution < -0.4 is 10.2 Å². The number of aromatic amines is 1. The number of H-pyrrole nitrogens is 1. The number of aliphatic imine (C=N–C) groups is 1. The molecule has 0 bridgehead atoms. The van der Waals surface area contributed by atoms with Crippen molar-refractivity contribution in [2.45, 2.75) is 6.42 Å². The molecule has 2 aliphatic heterocycles. The maximum Gasteiger partial charge on any atom is 0.229 e. The van der Waals surface area contributed by atoms with Crippen LogP contribution in [0, 0.1) is 5.82 Å². The van der Waals surface area contributed by atoms with Crippen LogP contribution in [0.4, 0.5) is 21.8 Å². The topological polar surface area (TPSA) is 82.1 Å². The zero-order valence-corrected chi connectivity index (χ0v) is 16.5. The number of para-hydroxylation sites is 2. The second-order valence-electron chi connectivity index (χ2n) is 7.45. The van der Waals surface area contributed by atoms with Gasteiger partial charge in [-0.15, -0.1) is 0 Å². The Kier molecular flexibility index (Phi) is 4.02. The molecule has 0 fully saturated rings. The van der Waals surface area contributed by atoms with E-state index >= 15 is 0 Å². The highest BCUT2D eigenvalue weighted by molar-refractivity contribution is 6.36. The molecule has 0 aliphatic carbocycles. The lowest BCUT2D eigenvalue weighted by Crippen LogP contribution is -2.39. The van der Waals surface area contributed by atoms with Crippen molar-refractivity contribution in [3.8, 4) is 0 Å². The maximum atomic E-state index is 14.1. The first-order chi connectivity index (χ1) is 15.3. The Balaban J connectivity index is 1.47. The molecule has 2 aromatic carbocycles. The van der Waals surface area contributed by atoms with Gasteiger partial charge in [-0.2, -0.15) is 4.98 Å². The van der Waals surface area contributed by atoms with Crippen molar-refractivity contribution in [2.24, 2.45) is 4.99 Å². The van der Waals surface area contributed by atoms with Crippen LogP contribution in [0.2, 0.25) is 0 Å². The number of imidazole rings is 1. The number of aromatic nitrogens is 4. The highest BCUT2D eigenvalue weighted by Crippen LogP contribution is 2.37. The maximum absolute atomic E-state index is 14.1. The number of anilines is 3. The number of amidine groups is 1. The molecular formula is C23H18FN7. The number of hydrogen-bond donors (Lipinski definition) is 2. The van der Waals surface area contributed by atoms with Crippen LogP contribution in [0.3, 0.4) is 0 Å². The molecule has 0 radical (unpaired) electrons. The third-order valence-corrected chi connectivity index (χ3v) is 5.51. The molecule has 0 spiro atoms. The van der Waals surface area contributed by atoms with E-state index in [0.29, 0.717) is 11.6 Å². The first-order valence-electron chi connectivity index (χ1n) is 10.1. The van der Waals surface area contributed by atoms with Gasteiger partial charge in [0.1, 0.15) is 17.5 Å². The summed E-state index contributed by atoms with van der Waals surface area (Å²) in [5.74, 6) is 1.65. The van der Waals surface area contributed by atoms with E-state index in [2.05, 4.69) is 37.3 Å². The molecule has 0 saturated carbocycles. The van der Waals surface area contributed by atoms with Crippen LogP contribution >= 0.6 is 0 Å². The Bertz CT molecular complexity index is 1370. The van der Waals surface area contributed by atoms with E-state index in [1.807, 2.05) is 12.1 Å². The number of fused-ring (bicyclic) bond motifs is 4. The minimum Gasteiger partial charge on any atom is -0.345 e. The van der Waals surface area contributed by atoms with E-state index in [4.69, 9.17) is 9.98 Å². The molecule has 0 amide bonds. The third kappa shape index (κ3) is 2.95. The Morgan fingerprint density at radius 3 is 2.94 bits per heavy atom. The van der Waals surface area contributed by atoms with Gasteiger partial charge in [-0.05, 0) is 30.7 Å². The molecule has 4 heterocycles. The SMILES string of the molecule is Fc1ccccc1Nc1ncc2c(n1)N1CCCN=C1C(c1cccc3[nH]cnc13)=C2. The lowest BCUT2D eigenvalue weighted by molar-refractivity contribution is 0.631. The second-order valence-corrected chi connectivity index (χ2v) is 7.45. The summed E-state index contributed by atoms with van der Waals surface area (Å²) in [7, 11) is 0. The minimum atomic E-state index is -0.349. The molecule has 6 rings (SSSR count). The predicted molar refractivity (Wildman–Crippen MR) is 120 cm³/mol. The molecule has 0 unspecified atom stereocenters. The van der Waals surface area contributed by atoms with E-state index in [9.17, 15) is 4.39 Å². The van der Waals surface area contributed by atoms with Crippen molar-refractivity contribution in [1.82, 2.24) is 19.9 Å². The van der Waals surface area contributed by atoms with Gasteiger partial charge in [-0.1, -0.05) is 24.3 Å². The molecule has 2 N–H and O–H groups in total. The predicted octanol–water partition coefficient (Wildman–Crippen LogP) is 4.40. The van der Waals surface area contributed by atoms with Crippen LogP contribution in [-0.2, 0) is 0 Å². The third-order valence-electron chi connectivity index (χ3n) is 5.51. The summed E-state index contributed by atoms with van der Waals surface area (Å²) in [6.45, 7) is 1.57. The van der Waals surface area contributed by atoms with E-state index in [0.717, 1.165) is 58.9 Å². The van der Waals surface area contributed by atoms with Gasteiger partial charge in [-0.3, -0.25) is 4.99 Å². The lowest BCUT2D eigenvalue weighted by atomic mass is 9.96. The largest absolute Gasteiger partial charge is 0.345 e. The summed E-state index contributed by atoms with van der Waals surface area (Å²) < 4.78 is 14.1. The van der Waals surface area contributed by atoms with Crippen molar-refractivity contribution < 1.29 is 4.39 Å². The molecule has 7 nitrogen and oxygen atoms in total. The summed E-state index contributed by atoms with van der Waals surface area (Å²) in [6.07, 6.45) is 6.46. The smallest absolute Gasteiger partial charge is 0.229 e. The molecule has 2 aliphatic rings.